The molecule has 1 unspecified atom stereocenters. The van der Waals surface area contributed by atoms with Gasteiger partial charge in [0.25, 0.3) is 0 Å². The molecular formula is C3H4N2OS. The van der Waals surface area contributed by atoms with Gasteiger partial charge in [-0.2, -0.15) is 0 Å². The summed E-state index contributed by atoms with van der Waals surface area (Å²) in [7, 11) is -1.15. The lowest BCUT2D eigenvalue weighted by atomic mass is 10.7. The maximum Gasteiger partial charge on any atom is 0.193 e. The van der Waals surface area contributed by atoms with Crippen molar-refractivity contribution in [3.05, 3.63) is 11.1 Å². The van der Waals surface area contributed by atoms with Crippen molar-refractivity contribution < 1.29 is 4.55 Å². The van der Waals surface area contributed by atoms with Crippen LogP contribution in [0.4, 0.5) is 0 Å². The molecule has 0 fully saturated rings. The van der Waals surface area contributed by atoms with Gasteiger partial charge in [-0.15, -0.1) is 5.10 Å². The average Bonchev–Trinajstić information content (AvgIpc) is 1.91. The number of hydrogen-bond acceptors (Lipinski definition) is 3. The third kappa shape index (κ3) is 0.755. The Morgan fingerprint density at radius 2 is 2.57 bits per heavy atom. The molecule has 0 aliphatic rings. The fraction of sp³-hybridized carbons (Fsp3) is 0.333. The fourth-order valence-corrected chi connectivity index (χ4v) is 0.656. The molecule has 1 atom stereocenters. The van der Waals surface area contributed by atoms with Gasteiger partial charge < -0.3 is 4.55 Å². The smallest absolute Gasteiger partial charge is 0.193 e. The minimum absolute atomic E-state index is 0.722. The highest BCUT2D eigenvalue weighted by molar-refractivity contribution is 7.19. The molecule has 4 heteroatoms. The average molecular weight is 116 g/mol. The molecule has 1 rings (SSSR count). The van der Waals surface area contributed by atoms with Gasteiger partial charge in [-0.05, 0) is 0 Å². The molecule has 3 nitrogen and oxygen atoms in total. The molecule has 0 N–H and O–H groups in total. The van der Waals surface area contributed by atoms with Gasteiger partial charge in [0.15, 0.2) is 4.88 Å². The number of rotatable bonds is 0. The molecule has 0 saturated carbocycles. The molecule has 0 aliphatic heterocycles. The van der Waals surface area contributed by atoms with Gasteiger partial charge in [0.1, 0.15) is 6.20 Å². The first kappa shape index (κ1) is 4.67. The standard InChI is InChI=1S/C3H4N2OS/c1-3-2-4-5-7(3)6/h2H,1H3. The van der Waals surface area contributed by atoms with E-state index in [1.165, 1.54) is 6.20 Å². The molecule has 0 bridgehead atoms. The molecule has 1 aromatic heterocycles. The second-order valence-electron chi connectivity index (χ2n) is 1.19. The Bertz CT molecular complexity index is 145. The van der Waals surface area contributed by atoms with E-state index in [2.05, 4.69) is 9.59 Å². The van der Waals surface area contributed by atoms with Gasteiger partial charge >= 0.3 is 0 Å². The Labute approximate surface area is 44.0 Å². The van der Waals surface area contributed by atoms with Gasteiger partial charge in [0.2, 0.25) is 0 Å². The summed E-state index contributed by atoms with van der Waals surface area (Å²) in [4.78, 5) is 0.722. The van der Waals surface area contributed by atoms with Crippen molar-refractivity contribution in [1.29, 1.82) is 0 Å². The van der Waals surface area contributed by atoms with Gasteiger partial charge in [-0.25, -0.2) is 0 Å². The van der Waals surface area contributed by atoms with Crippen molar-refractivity contribution in [2.45, 2.75) is 6.92 Å². The lowest BCUT2D eigenvalue weighted by Gasteiger charge is -1.76. The van der Waals surface area contributed by atoms with Crippen LogP contribution in [0, 0.1) is 6.92 Å². The largest absolute Gasteiger partial charge is 0.567 e. The SMILES string of the molecule is Cc1cnn[s+]1[O-]. The maximum atomic E-state index is 10.4. The summed E-state index contributed by atoms with van der Waals surface area (Å²) >= 11 is 0. The van der Waals surface area contributed by atoms with Crippen LogP contribution in [0.5, 0.6) is 0 Å². The fourth-order valence-electron chi connectivity index (χ4n) is 0.257. The predicted molar refractivity (Wildman–Crippen MR) is 25.4 cm³/mol. The Morgan fingerprint density at radius 3 is 2.71 bits per heavy atom. The zero-order chi connectivity index (χ0) is 5.28. The number of aromatic nitrogens is 2. The Morgan fingerprint density at radius 1 is 1.86 bits per heavy atom. The van der Waals surface area contributed by atoms with Crippen molar-refractivity contribution in [2.75, 3.05) is 0 Å². The van der Waals surface area contributed by atoms with E-state index in [9.17, 15) is 4.55 Å². The molecule has 38 valence electrons. The van der Waals surface area contributed by atoms with Crippen LogP contribution >= 0.6 is 10.9 Å². The number of hydrogen-bond donors (Lipinski definition) is 0. The predicted octanol–water partition coefficient (Wildman–Crippen LogP) is 0.513. The Kier molecular flexibility index (Phi) is 1.04. The third-order valence-electron chi connectivity index (χ3n) is 0.636. The summed E-state index contributed by atoms with van der Waals surface area (Å²) in [6.07, 6.45) is 1.50. The number of nitrogens with zero attached hydrogens (tertiary/aromatic N) is 2. The van der Waals surface area contributed by atoms with Crippen molar-refractivity contribution in [1.82, 2.24) is 9.59 Å². The molecule has 7 heavy (non-hydrogen) atoms. The van der Waals surface area contributed by atoms with Crippen molar-refractivity contribution in [2.24, 2.45) is 0 Å². The molecule has 0 amide bonds. The molecular weight excluding hydrogens is 112 g/mol. The van der Waals surface area contributed by atoms with E-state index in [-0.39, 0.29) is 0 Å². The summed E-state index contributed by atoms with van der Waals surface area (Å²) in [6, 6.07) is 0. The summed E-state index contributed by atoms with van der Waals surface area (Å²) in [5.74, 6) is 0. The van der Waals surface area contributed by atoms with Crippen LogP contribution in [-0.2, 0) is 0 Å². The normalized spacial score (nSPS) is 12.0. The minimum atomic E-state index is -1.15. The second-order valence-corrected chi connectivity index (χ2v) is 2.49. The molecule has 0 aromatic carbocycles. The van der Waals surface area contributed by atoms with E-state index in [0.717, 1.165) is 4.88 Å². The van der Waals surface area contributed by atoms with E-state index < -0.39 is 10.9 Å². The van der Waals surface area contributed by atoms with E-state index in [1.54, 1.807) is 6.92 Å². The highest BCUT2D eigenvalue weighted by Gasteiger charge is 1.97. The second kappa shape index (κ2) is 1.55. The van der Waals surface area contributed by atoms with E-state index >= 15 is 0 Å². The van der Waals surface area contributed by atoms with Crippen LogP contribution in [0.3, 0.4) is 0 Å². The molecule has 1 heterocycles. The van der Waals surface area contributed by atoms with Crippen molar-refractivity contribution in [3.8, 4) is 0 Å². The number of aryl methyl sites for hydroxylation is 1. The zero-order valence-electron chi connectivity index (χ0n) is 3.79. The van der Waals surface area contributed by atoms with E-state index in [1.807, 2.05) is 0 Å². The zero-order valence-corrected chi connectivity index (χ0v) is 4.60. The van der Waals surface area contributed by atoms with E-state index in [0.29, 0.717) is 0 Å². The quantitative estimate of drug-likeness (QED) is 0.464. The summed E-state index contributed by atoms with van der Waals surface area (Å²) in [5, 5.41) is 3.41. The molecule has 0 saturated heterocycles. The van der Waals surface area contributed by atoms with Crippen LogP contribution in [0.25, 0.3) is 0 Å². The van der Waals surface area contributed by atoms with Gasteiger partial charge in [0, 0.05) is 6.92 Å². The molecule has 0 spiro atoms. The topological polar surface area (TPSA) is 48.8 Å². The Balaban J connectivity index is 3.12. The van der Waals surface area contributed by atoms with Crippen LogP contribution < -0.4 is 0 Å². The first-order valence-corrected chi connectivity index (χ1v) is 2.91. The van der Waals surface area contributed by atoms with E-state index in [4.69, 9.17) is 0 Å². The lowest BCUT2D eigenvalue weighted by molar-refractivity contribution is 0.588. The Hall–Kier alpha value is -0.480. The van der Waals surface area contributed by atoms with Crippen LogP contribution in [0.2, 0.25) is 0 Å². The van der Waals surface area contributed by atoms with Gasteiger partial charge in [0.05, 0.1) is 15.4 Å². The molecule has 0 radical (unpaired) electrons. The first-order valence-electron chi connectivity index (χ1n) is 1.80. The summed E-state index contributed by atoms with van der Waals surface area (Å²) in [5.41, 5.74) is 0. The minimum Gasteiger partial charge on any atom is -0.567 e. The monoisotopic (exact) mass is 116 g/mol. The lowest BCUT2D eigenvalue weighted by Crippen LogP contribution is -1.61. The van der Waals surface area contributed by atoms with Crippen LogP contribution in [-0.4, -0.2) is 14.1 Å². The highest BCUT2D eigenvalue weighted by atomic mass is 32.2. The highest BCUT2D eigenvalue weighted by Crippen LogP contribution is 2.09. The van der Waals surface area contributed by atoms with Crippen LogP contribution in [0.1, 0.15) is 4.88 Å². The van der Waals surface area contributed by atoms with Crippen LogP contribution in [0.15, 0.2) is 6.20 Å². The first-order chi connectivity index (χ1) is 3.30. The molecule has 1 aromatic rings. The summed E-state index contributed by atoms with van der Waals surface area (Å²) < 4.78 is 13.7. The molecule has 0 aliphatic carbocycles. The van der Waals surface area contributed by atoms with Gasteiger partial charge in [-0.3, -0.25) is 0 Å². The van der Waals surface area contributed by atoms with Crippen molar-refractivity contribution in [3.63, 3.8) is 0 Å². The van der Waals surface area contributed by atoms with Gasteiger partial charge in [-0.1, -0.05) is 0 Å². The summed E-state index contributed by atoms with van der Waals surface area (Å²) in [6.45, 7) is 1.73. The third-order valence-corrected chi connectivity index (χ3v) is 1.54. The maximum absolute atomic E-state index is 10.4. The van der Waals surface area contributed by atoms with Crippen molar-refractivity contribution >= 4 is 10.9 Å².